The molecule has 0 aliphatic carbocycles. The minimum Gasteiger partial charge on any atom is -0.364 e. The lowest BCUT2D eigenvalue weighted by atomic mass is 10.3. The number of likely N-dealkylation sites (N-methyl/N-ethyl adjacent to an activating group) is 1. The number of thiazole rings is 1. The molecular formula is C9H14N4OS. The van der Waals surface area contributed by atoms with Crippen LogP contribution in [-0.2, 0) is 0 Å². The fourth-order valence-corrected chi connectivity index (χ4v) is 2.54. The second kappa shape index (κ2) is 4.16. The first kappa shape index (κ1) is 10.4. The van der Waals surface area contributed by atoms with E-state index < -0.39 is 5.91 Å². The molecule has 1 aliphatic rings. The normalized spacial score (nSPS) is 20.9. The predicted molar refractivity (Wildman–Crippen MR) is 60.3 cm³/mol. The molecule has 1 aliphatic heterocycles. The number of carbonyl (C=O) groups is 1. The number of carbonyl (C=O) groups excluding carboxylic acids is 1. The summed E-state index contributed by atoms with van der Waals surface area (Å²) in [6.07, 6.45) is 1.11. The lowest BCUT2D eigenvalue weighted by molar-refractivity contribution is 0.0996. The Morgan fingerprint density at radius 1 is 1.80 bits per heavy atom. The summed E-state index contributed by atoms with van der Waals surface area (Å²) in [6, 6.07) is 0.519. The van der Waals surface area contributed by atoms with E-state index in [0.29, 0.717) is 11.7 Å². The summed E-state index contributed by atoms with van der Waals surface area (Å²) >= 11 is 1.47. The molecule has 0 bridgehead atoms. The number of hydrogen-bond acceptors (Lipinski definition) is 5. The van der Waals surface area contributed by atoms with Gasteiger partial charge in [-0.3, -0.25) is 4.79 Å². The molecule has 1 aromatic heterocycles. The molecule has 2 heterocycles. The van der Waals surface area contributed by atoms with Crippen molar-refractivity contribution in [2.45, 2.75) is 12.5 Å². The number of aromatic nitrogens is 1. The molecule has 0 spiro atoms. The zero-order valence-corrected chi connectivity index (χ0v) is 9.38. The highest BCUT2D eigenvalue weighted by atomic mass is 32.1. The van der Waals surface area contributed by atoms with E-state index in [-0.39, 0.29) is 0 Å². The summed E-state index contributed by atoms with van der Waals surface area (Å²) in [5, 5.41) is 5.84. The molecule has 3 N–H and O–H groups in total. The molecule has 1 saturated heterocycles. The summed E-state index contributed by atoms with van der Waals surface area (Å²) < 4.78 is 0. The smallest absolute Gasteiger partial charge is 0.268 e. The van der Waals surface area contributed by atoms with Crippen LogP contribution in [0.3, 0.4) is 0 Å². The summed E-state index contributed by atoms with van der Waals surface area (Å²) in [7, 11) is 1.96. The van der Waals surface area contributed by atoms with Crippen LogP contribution in [0.15, 0.2) is 5.38 Å². The van der Waals surface area contributed by atoms with E-state index in [1.54, 1.807) is 5.38 Å². The van der Waals surface area contributed by atoms with Gasteiger partial charge in [-0.25, -0.2) is 4.98 Å². The van der Waals surface area contributed by atoms with E-state index >= 15 is 0 Å². The molecule has 0 saturated carbocycles. The van der Waals surface area contributed by atoms with E-state index in [2.05, 4.69) is 15.2 Å². The van der Waals surface area contributed by atoms with Crippen LogP contribution in [0.1, 0.15) is 16.9 Å². The van der Waals surface area contributed by atoms with Crippen molar-refractivity contribution in [3.8, 4) is 0 Å². The maximum absolute atomic E-state index is 10.9. The molecule has 5 nitrogen and oxygen atoms in total. The first-order valence-electron chi connectivity index (χ1n) is 4.88. The highest BCUT2D eigenvalue weighted by molar-refractivity contribution is 7.13. The third-order valence-corrected chi connectivity index (χ3v) is 3.51. The van der Waals surface area contributed by atoms with Gasteiger partial charge >= 0.3 is 0 Å². The molecule has 6 heteroatoms. The molecule has 2 rings (SSSR count). The summed E-state index contributed by atoms with van der Waals surface area (Å²) in [6.45, 7) is 1.93. The summed E-state index contributed by atoms with van der Waals surface area (Å²) in [5.74, 6) is -0.457. The zero-order chi connectivity index (χ0) is 10.8. The van der Waals surface area contributed by atoms with Crippen molar-refractivity contribution < 1.29 is 4.79 Å². The van der Waals surface area contributed by atoms with Gasteiger partial charge < -0.3 is 16.0 Å². The Labute approximate surface area is 92.3 Å². The molecule has 1 fully saturated rings. The highest BCUT2D eigenvalue weighted by Gasteiger charge is 2.23. The second-order valence-electron chi connectivity index (χ2n) is 3.60. The van der Waals surface area contributed by atoms with Crippen LogP contribution in [-0.4, -0.2) is 37.1 Å². The van der Waals surface area contributed by atoms with E-state index in [1.165, 1.54) is 11.3 Å². The Hall–Kier alpha value is -1.14. The average molecular weight is 226 g/mol. The van der Waals surface area contributed by atoms with Crippen molar-refractivity contribution in [3.63, 3.8) is 0 Å². The van der Waals surface area contributed by atoms with E-state index in [0.717, 1.165) is 24.6 Å². The lowest BCUT2D eigenvalue weighted by Gasteiger charge is -2.14. The van der Waals surface area contributed by atoms with Gasteiger partial charge in [0.1, 0.15) is 5.69 Å². The topological polar surface area (TPSA) is 71.2 Å². The Morgan fingerprint density at radius 3 is 3.13 bits per heavy atom. The van der Waals surface area contributed by atoms with Crippen LogP contribution in [0.2, 0.25) is 0 Å². The number of nitrogens with one attached hydrogen (secondary N) is 1. The third kappa shape index (κ3) is 2.10. The van der Waals surface area contributed by atoms with Crippen molar-refractivity contribution >= 4 is 22.4 Å². The Bertz CT molecular complexity index is 365. The standard InChI is InChI=1S/C9H14N4OS/c1-11-6-2-3-13(4-6)9-12-7(5-15-9)8(10)14/h5-6,11H,2-4H2,1H3,(H2,10,14). The molecule has 1 amide bonds. The SMILES string of the molecule is CNC1CCN(c2nc(C(N)=O)cs2)C1. The van der Waals surface area contributed by atoms with E-state index in [1.807, 2.05) is 7.05 Å². The number of primary amides is 1. The number of nitrogens with zero attached hydrogens (tertiary/aromatic N) is 2. The quantitative estimate of drug-likeness (QED) is 0.763. The maximum Gasteiger partial charge on any atom is 0.268 e. The minimum atomic E-state index is -0.457. The van der Waals surface area contributed by atoms with Crippen LogP contribution in [0.4, 0.5) is 5.13 Å². The fraction of sp³-hybridized carbons (Fsp3) is 0.556. The van der Waals surface area contributed by atoms with Crippen LogP contribution < -0.4 is 16.0 Å². The second-order valence-corrected chi connectivity index (χ2v) is 4.44. The Balaban J connectivity index is 2.07. The van der Waals surface area contributed by atoms with E-state index in [9.17, 15) is 4.79 Å². The molecule has 82 valence electrons. The van der Waals surface area contributed by atoms with E-state index in [4.69, 9.17) is 5.73 Å². The highest BCUT2D eigenvalue weighted by Crippen LogP contribution is 2.24. The largest absolute Gasteiger partial charge is 0.364 e. The van der Waals surface area contributed by atoms with Crippen molar-refractivity contribution in [2.24, 2.45) is 5.73 Å². The number of hydrogen-bond donors (Lipinski definition) is 2. The van der Waals surface area contributed by atoms with Gasteiger partial charge in [0, 0.05) is 24.5 Å². The monoisotopic (exact) mass is 226 g/mol. The van der Waals surface area contributed by atoms with Gasteiger partial charge in [0.05, 0.1) is 0 Å². The minimum absolute atomic E-state index is 0.364. The van der Waals surface area contributed by atoms with Crippen molar-refractivity contribution in [2.75, 3.05) is 25.0 Å². The lowest BCUT2D eigenvalue weighted by Crippen LogP contribution is -2.29. The molecule has 1 atom stereocenters. The summed E-state index contributed by atoms with van der Waals surface area (Å²) in [4.78, 5) is 17.3. The van der Waals surface area contributed by atoms with Gasteiger partial charge in [-0.2, -0.15) is 0 Å². The molecule has 15 heavy (non-hydrogen) atoms. The fourth-order valence-electron chi connectivity index (χ4n) is 1.69. The van der Waals surface area contributed by atoms with Crippen LogP contribution in [0.5, 0.6) is 0 Å². The van der Waals surface area contributed by atoms with Gasteiger partial charge in [0.25, 0.3) is 5.91 Å². The zero-order valence-electron chi connectivity index (χ0n) is 8.56. The summed E-state index contributed by atoms with van der Waals surface area (Å²) in [5.41, 5.74) is 5.52. The number of amides is 1. The molecule has 0 radical (unpaired) electrons. The molecule has 1 aromatic rings. The average Bonchev–Trinajstić information content (AvgIpc) is 2.86. The predicted octanol–water partition coefficient (Wildman–Crippen LogP) is 0.0401. The van der Waals surface area contributed by atoms with Crippen molar-refractivity contribution in [3.05, 3.63) is 11.1 Å². The number of nitrogens with two attached hydrogens (primary N) is 1. The first-order valence-corrected chi connectivity index (χ1v) is 5.76. The van der Waals surface area contributed by atoms with Gasteiger partial charge in [-0.05, 0) is 13.5 Å². The Morgan fingerprint density at radius 2 is 2.60 bits per heavy atom. The van der Waals surface area contributed by atoms with Crippen LogP contribution in [0.25, 0.3) is 0 Å². The Kier molecular flexibility index (Phi) is 2.88. The molecule has 0 aromatic carbocycles. The number of anilines is 1. The van der Waals surface area contributed by atoms with Crippen LogP contribution in [0, 0.1) is 0 Å². The van der Waals surface area contributed by atoms with Gasteiger partial charge in [0.2, 0.25) is 0 Å². The first-order chi connectivity index (χ1) is 7.20. The maximum atomic E-state index is 10.9. The number of rotatable bonds is 3. The van der Waals surface area contributed by atoms with Gasteiger partial charge in [-0.15, -0.1) is 11.3 Å². The molecule has 1 unspecified atom stereocenters. The van der Waals surface area contributed by atoms with Gasteiger partial charge in [0.15, 0.2) is 5.13 Å². The van der Waals surface area contributed by atoms with Crippen molar-refractivity contribution in [1.82, 2.24) is 10.3 Å². The third-order valence-electron chi connectivity index (χ3n) is 2.61. The molecular weight excluding hydrogens is 212 g/mol. The van der Waals surface area contributed by atoms with Gasteiger partial charge in [-0.1, -0.05) is 0 Å². The van der Waals surface area contributed by atoms with Crippen LogP contribution >= 0.6 is 11.3 Å². The van der Waals surface area contributed by atoms with Crippen molar-refractivity contribution in [1.29, 1.82) is 0 Å².